The van der Waals surface area contributed by atoms with Crippen LogP contribution in [-0.4, -0.2) is 23.3 Å². The van der Waals surface area contributed by atoms with Crippen LogP contribution >= 0.6 is 0 Å². The fourth-order valence-electron chi connectivity index (χ4n) is 2.14. The van der Waals surface area contributed by atoms with Crippen molar-refractivity contribution in [1.29, 1.82) is 0 Å². The number of hydrogen-bond acceptors (Lipinski definition) is 3. The second-order valence-corrected chi connectivity index (χ2v) is 4.45. The number of nitrogens with zero attached hydrogens (tertiary/aromatic N) is 1. The minimum absolute atomic E-state index is 0.190. The molecule has 0 bridgehead atoms. The second-order valence-electron chi connectivity index (χ2n) is 4.45. The van der Waals surface area contributed by atoms with E-state index in [0.717, 1.165) is 24.9 Å². The van der Waals surface area contributed by atoms with Crippen LogP contribution in [0.25, 0.3) is 0 Å². The maximum absolute atomic E-state index is 11.7. The van der Waals surface area contributed by atoms with Crippen molar-refractivity contribution in [2.24, 2.45) is 5.84 Å². The second kappa shape index (κ2) is 5.64. The Balaban J connectivity index is 2.09. The molecule has 0 aliphatic carbocycles. The van der Waals surface area contributed by atoms with Crippen LogP contribution in [0.4, 0.5) is 0 Å². The zero-order valence-corrected chi connectivity index (χ0v) is 10.2. The van der Waals surface area contributed by atoms with E-state index < -0.39 is 0 Å². The molecule has 3 N–H and O–H groups in total. The molecular weight excluding hydrogens is 230 g/mol. The lowest BCUT2D eigenvalue weighted by molar-refractivity contribution is -0.133. The minimum Gasteiger partial charge on any atom is -0.338 e. The van der Waals surface area contributed by atoms with Gasteiger partial charge in [0.25, 0.3) is 5.91 Å². The molecule has 1 fully saturated rings. The van der Waals surface area contributed by atoms with Crippen LogP contribution < -0.4 is 11.3 Å². The number of piperidine rings is 1. The summed E-state index contributed by atoms with van der Waals surface area (Å²) >= 11 is 0. The lowest BCUT2D eigenvalue weighted by Gasteiger charge is -2.26. The number of rotatable bonds is 3. The molecule has 0 saturated carbocycles. The zero-order chi connectivity index (χ0) is 13.0. The standard InChI is InChI=1S/C13H17N3O2/c14-15-13(18)11-5-3-4-10(8-11)9-16-7-2-1-6-12(16)17/h3-5,8H,1-2,6-7,9,14H2,(H,15,18). The van der Waals surface area contributed by atoms with Crippen molar-refractivity contribution in [2.75, 3.05) is 6.54 Å². The highest BCUT2D eigenvalue weighted by molar-refractivity contribution is 5.93. The van der Waals surface area contributed by atoms with E-state index in [1.807, 2.05) is 11.0 Å². The van der Waals surface area contributed by atoms with Crippen molar-refractivity contribution < 1.29 is 9.59 Å². The average molecular weight is 247 g/mol. The van der Waals surface area contributed by atoms with Gasteiger partial charge in [0, 0.05) is 25.1 Å². The molecule has 18 heavy (non-hydrogen) atoms. The summed E-state index contributed by atoms with van der Waals surface area (Å²) in [6, 6.07) is 7.18. The van der Waals surface area contributed by atoms with Gasteiger partial charge in [0.2, 0.25) is 5.91 Å². The molecule has 1 aliphatic rings. The summed E-state index contributed by atoms with van der Waals surface area (Å²) in [5.74, 6) is 4.97. The number of carbonyl (C=O) groups excluding carboxylic acids is 2. The molecule has 5 heteroatoms. The Bertz CT molecular complexity index is 459. The third kappa shape index (κ3) is 2.87. The predicted molar refractivity (Wildman–Crippen MR) is 67.4 cm³/mol. The maximum Gasteiger partial charge on any atom is 0.265 e. The molecule has 0 unspecified atom stereocenters. The summed E-state index contributed by atoms with van der Waals surface area (Å²) in [5.41, 5.74) is 3.57. The molecule has 1 saturated heterocycles. The summed E-state index contributed by atoms with van der Waals surface area (Å²) in [4.78, 5) is 24.9. The van der Waals surface area contributed by atoms with Gasteiger partial charge in [0.05, 0.1) is 0 Å². The van der Waals surface area contributed by atoms with E-state index in [-0.39, 0.29) is 11.8 Å². The zero-order valence-electron chi connectivity index (χ0n) is 10.2. The Morgan fingerprint density at radius 1 is 1.39 bits per heavy atom. The van der Waals surface area contributed by atoms with E-state index in [1.165, 1.54) is 0 Å². The van der Waals surface area contributed by atoms with Gasteiger partial charge in [-0.25, -0.2) is 5.84 Å². The fraction of sp³-hybridized carbons (Fsp3) is 0.385. The topological polar surface area (TPSA) is 75.4 Å². The summed E-state index contributed by atoms with van der Waals surface area (Å²) in [6.07, 6.45) is 2.66. The first-order valence-corrected chi connectivity index (χ1v) is 6.08. The molecule has 0 radical (unpaired) electrons. The lowest BCUT2D eigenvalue weighted by atomic mass is 10.1. The first-order valence-electron chi connectivity index (χ1n) is 6.08. The molecule has 1 heterocycles. The first kappa shape index (κ1) is 12.6. The van der Waals surface area contributed by atoms with Crippen molar-refractivity contribution in [2.45, 2.75) is 25.8 Å². The van der Waals surface area contributed by atoms with Crippen molar-refractivity contribution in [1.82, 2.24) is 10.3 Å². The number of hydrazine groups is 1. The normalized spacial score (nSPS) is 15.6. The maximum atomic E-state index is 11.7. The van der Waals surface area contributed by atoms with Crippen molar-refractivity contribution in [3.8, 4) is 0 Å². The summed E-state index contributed by atoms with van der Waals surface area (Å²) in [6.45, 7) is 1.36. The van der Waals surface area contributed by atoms with Crippen LogP contribution in [0.5, 0.6) is 0 Å². The van der Waals surface area contributed by atoms with E-state index in [1.54, 1.807) is 18.2 Å². The average Bonchev–Trinajstić information content (AvgIpc) is 2.41. The summed E-state index contributed by atoms with van der Waals surface area (Å²) in [7, 11) is 0. The van der Waals surface area contributed by atoms with E-state index in [9.17, 15) is 9.59 Å². The third-order valence-corrected chi connectivity index (χ3v) is 3.12. The Morgan fingerprint density at radius 3 is 2.94 bits per heavy atom. The molecule has 1 aliphatic heterocycles. The van der Waals surface area contributed by atoms with Gasteiger partial charge in [0.1, 0.15) is 0 Å². The highest BCUT2D eigenvalue weighted by Crippen LogP contribution is 2.15. The monoisotopic (exact) mass is 247 g/mol. The fourth-order valence-corrected chi connectivity index (χ4v) is 2.14. The highest BCUT2D eigenvalue weighted by atomic mass is 16.2. The van der Waals surface area contributed by atoms with Crippen LogP contribution in [0.1, 0.15) is 35.2 Å². The third-order valence-electron chi connectivity index (χ3n) is 3.12. The van der Waals surface area contributed by atoms with E-state index in [0.29, 0.717) is 18.5 Å². The van der Waals surface area contributed by atoms with E-state index in [2.05, 4.69) is 5.43 Å². The summed E-state index contributed by atoms with van der Waals surface area (Å²) in [5, 5.41) is 0. The molecular formula is C13H17N3O2. The molecule has 1 aromatic carbocycles. The number of carbonyl (C=O) groups is 2. The number of amides is 2. The lowest BCUT2D eigenvalue weighted by Crippen LogP contribution is -2.34. The number of hydrogen-bond donors (Lipinski definition) is 2. The Kier molecular flexibility index (Phi) is 3.94. The SMILES string of the molecule is NNC(=O)c1cccc(CN2CCCCC2=O)c1. The number of nitrogen functional groups attached to an aromatic ring is 1. The molecule has 96 valence electrons. The number of nitrogens with one attached hydrogen (secondary N) is 1. The van der Waals surface area contributed by atoms with Gasteiger partial charge < -0.3 is 4.90 Å². The number of benzene rings is 1. The molecule has 5 nitrogen and oxygen atoms in total. The largest absolute Gasteiger partial charge is 0.338 e. The molecule has 0 atom stereocenters. The molecule has 2 amide bonds. The Morgan fingerprint density at radius 2 is 2.22 bits per heavy atom. The van der Waals surface area contributed by atoms with Gasteiger partial charge in [-0.3, -0.25) is 15.0 Å². The minimum atomic E-state index is -0.318. The summed E-state index contributed by atoms with van der Waals surface area (Å²) < 4.78 is 0. The van der Waals surface area contributed by atoms with Gasteiger partial charge in [-0.1, -0.05) is 12.1 Å². The van der Waals surface area contributed by atoms with E-state index >= 15 is 0 Å². The van der Waals surface area contributed by atoms with Crippen LogP contribution in [0.15, 0.2) is 24.3 Å². The smallest absolute Gasteiger partial charge is 0.265 e. The predicted octanol–water partition coefficient (Wildman–Crippen LogP) is 0.803. The van der Waals surface area contributed by atoms with Crippen molar-refractivity contribution >= 4 is 11.8 Å². The first-order chi connectivity index (χ1) is 8.70. The van der Waals surface area contributed by atoms with Gasteiger partial charge in [0.15, 0.2) is 0 Å². The van der Waals surface area contributed by atoms with Gasteiger partial charge >= 0.3 is 0 Å². The molecule has 0 aromatic heterocycles. The van der Waals surface area contributed by atoms with Crippen LogP contribution in [-0.2, 0) is 11.3 Å². The van der Waals surface area contributed by atoms with Gasteiger partial charge in [-0.2, -0.15) is 0 Å². The van der Waals surface area contributed by atoms with Crippen LogP contribution in [0.3, 0.4) is 0 Å². The number of nitrogens with two attached hydrogens (primary N) is 1. The van der Waals surface area contributed by atoms with Gasteiger partial charge in [-0.05, 0) is 30.5 Å². The quantitative estimate of drug-likeness (QED) is 0.471. The Hall–Kier alpha value is -1.88. The Labute approximate surface area is 106 Å². The van der Waals surface area contributed by atoms with Crippen molar-refractivity contribution in [3.63, 3.8) is 0 Å². The van der Waals surface area contributed by atoms with Crippen LogP contribution in [0, 0.1) is 0 Å². The van der Waals surface area contributed by atoms with Crippen molar-refractivity contribution in [3.05, 3.63) is 35.4 Å². The van der Waals surface area contributed by atoms with E-state index in [4.69, 9.17) is 5.84 Å². The van der Waals surface area contributed by atoms with Crippen LogP contribution in [0.2, 0.25) is 0 Å². The molecule has 1 aromatic rings. The molecule has 2 rings (SSSR count). The number of likely N-dealkylation sites (tertiary alicyclic amines) is 1. The molecule has 0 spiro atoms. The van der Waals surface area contributed by atoms with Gasteiger partial charge in [-0.15, -0.1) is 0 Å². The highest BCUT2D eigenvalue weighted by Gasteiger charge is 2.18.